The maximum Gasteiger partial charge on any atom is 0.420 e. The van der Waals surface area contributed by atoms with E-state index in [0.717, 1.165) is 9.38 Å². The Labute approximate surface area is 121 Å². The van der Waals surface area contributed by atoms with Crippen LogP contribution in [0.5, 0.6) is 0 Å². The second-order valence-electron chi connectivity index (χ2n) is 5.09. The van der Waals surface area contributed by atoms with Gasteiger partial charge in [-0.3, -0.25) is 0 Å². The zero-order valence-electron chi connectivity index (χ0n) is 11.5. The van der Waals surface area contributed by atoms with Crippen LogP contribution >= 0.6 is 15.9 Å². The number of rotatable bonds is 1. The van der Waals surface area contributed by atoms with Crippen LogP contribution in [0.3, 0.4) is 0 Å². The smallest absolute Gasteiger partial charge is 0.420 e. The van der Waals surface area contributed by atoms with Gasteiger partial charge < -0.3 is 9.47 Å². The first-order valence-electron chi connectivity index (χ1n) is 5.87. The first-order chi connectivity index (χ1) is 8.74. The second kappa shape index (κ2) is 6.23. The molecule has 0 aromatic rings. The number of allylic oxidation sites excluding steroid dienone is 2. The third kappa shape index (κ3) is 4.70. The summed E-state index contributed by atoms with van der Waals surface area (Å²) in [4.78, 5) is 24.9. The summed E-state index contributed by atoms with van der Waals surface area (Å²) in [6.07, 6.45) is 4.46. The van der Waals surface area contributed by atoms with Gasteiger partial charge in [-0.2, -0.15) is 0 Å². The maximum absolute atomic E-state index is 12.1. The molecule has 1 aliphatic carbocycles. The number of hydrogen-bond acceptors (Lipinski definition) is 4. The largest absolute Gasteiger partial charge is 0.452 e. The van der Waals surface area contributed by atoms with E-state index >= 15 is 0 Å². The average molecular weight is 332 g/mol. The molecule has 5 nitrogen and oxygen atoms in total. The van der Waals surface area contributed by atoms with Crippen molar-refractivity contribution in [2.75, 3.05) is 7.11 Å². The van der Waals surface area contributed by atoms with E-state index in [1.54, 1.807) is 32.9 Å². The molecular weight excluding hydrogens is 314 g/mol. The molecule has 106 valence electrons. The number of methoxy groups -OCH3 is 1. The van der Waals surface area contributed by atoms with Gasteiger partial charge in [-0.15, -0.1) is 0 Å². The summed E-state index contributed by atoms with van der Waals surface area (Å²) in [6.45, 7) is 5.23. The fourth-order valence-electron chi connectivity index (χ4n) is 1.56. The predicted octanol–water partition coefficient (Wildman–Crippen LogP) is 3.60. The quantitative estimate of drug-likeness (QED) is 0.736. The highest BCUT2D eigenvalue weighted by Gasteiger charge is 2.34. The lowest BCUT2D eigenvalue weighted by Gasteiger charge is -2.30. The molecule has 1 atom stereocenters. The average Bonchev–Trinajstić information content (AvgIpc) is 2.26. The van der Waals surface area contributed by atoms with Gasteiger partial charge in [0, 0.05) is 6.42 Å². The van der Waals surface area contributed by atoms with Gasteiger partial charge in [-0.25, -0.2) is 14.5 Å². The molecular formula is C13H18BrNO4. The van der Waals surface area contributed by atoms with Gasteiger partial charge in [0.15, 0.2) is 0 Å². The molecule has 0 fully saturated rings. The molecule has 0 spiro atoms. The molecule has 1 unspecified atom stereocenters. The van der Waals surface area contributed by atoms with Crippen LogP contribution in [-0.4, -0.2) is 35.8 Å². The van der Waals surface area contributed by atoms with Crippen LogP contribution in [0.15, 0.2) is 22.7 Å². The number of hydrogen-bond donors (Lipinski definition) is 0. The number of carbonyl (C=O) groups excluding carboxylic acids is 2. The minimum atomic E-state index is -0.730. The Balaban J connectivity index is 2.90. The van der Waals surface area contributed by atoms with Crippen molar-refractivity contribution < 1.29 is 19.1 Å². The Hall–Kier alpha value is -1.30. The van der Waals surface area contributed by atoms with Crippen molar-refractivity contribution in [3.63, 3.8) is 0 Å². The molecule has 2 amide bonds. The molecule has 0 aliphatic heterocycles. The second-order valence-corrected chi connectivity index (χ2v) is 6.11. The number of imide groups is 1. The SMILES string of the molecule is COC(=O)N(C(=O)OC(C)(C)C)C1C=CC=C(Br)C1. The number of amides is 2. The van der Waals surface area contributed by atoms with Crippen LogP contribution in [0.1, 0.15) is 27.2 Å². The van der Waals surface area contributed by atoms with E-state index in [2.05, 4.69) is 20.7 Å². The highest BCUT2D eigenvalue weighted by atomic mass is 79.9. The lowest BCUT2D eigenvalue weighted by molar-refractivity contribution is 0.0199. The molecule has 0 aromatic heterocycles. The molecule has 0 aromatic carbocycles. The van der Waals surface area contributed by atoms with Crippen molar-refractivity contribution in [1.29, 1.82) is 0 Å². The van der Waals surface area contributed by atoms with E-state index in [1.165, 1.54) is 7.11 Å². The van der Waals surface area contributed by atoms with Crippen molar-refractivity contribution in [3.05, 3.63) is 22.7 Å². The van der Waals surface area contributed by atoms with Gasteiger partial charge >= 0.3 is 12.2 Å². The summed E-state index contributed by atoms with van der Waals surface area (Å²) in [6, 6.07) is -0.415. The lowest BCUT2D eigenvalue weighted by atomic mass is 10.1. The van der Waals surface area contributed by atoms with Crippen LogP contribution in [0.25, 0.3) is 0 Å². The zero-order chi connectivity index (χ0) is 14.6. The van der Waals surface area contributed by atoms with E-state index in [-0.39, 0.29) is 0 Å². The third-order valence-corrected chi connectivity index (χ3v) is 2.90. The number of ether oxygens (including phenoxy) is 2. The summed E-state index contributed by atoms with van der Waals surface area (Å²) >= 11 is 3.36. The van der Waals surface area contributed by atoms with Gasteiger partial charge in [0.1, 0.15) is 5.60 Å². The Morgan fingerprint density at radius 2 is 2.00 bits per heavy atom. The van der Waals surface area contributed by atoms with Crippen LogP contribution in [0.4, 0.5) is 9.59 Å². The number of halogens is 1. The highest BCUT2D eigenvalue weighted by molar-refractivity contribution is 9.11. The Morgan fingerprint density at radius 1 is 1.37 bits per heavy atom. The molecule has 0 saturated carbocycles. The van der Waals surface area contributed by atoms with Crippen LogP contribution < -0.4 is 0 Å². The van der Waals surface area contributed by atoms with E-state index in [1.807, 2.05) is 6.08 Å². The van der Waals surface area contributed by atoms with Crippen LogP contribution in [0.2, 0.25) is 0 Å². The fourth-order valence-corrected chi connectivity index (χ4v) is 2.04. The fraction of sp³-hybridized carbons (Fsp3) is 0.538. The van der Waals surface area contributed by atoms with Crippen LogP contribution in [0, 0.1) is 0 Å². The molecule has 1 rings (SSSR count). The van der Waals surface area contributed by atoms with Crippen LogP contribution in [-0.2, 0) is 9.47 Å². The van der Waals surface area contributed by atoms with Gasteiger partial charge in [0.05, 0.1) is 13.2 Å². The molecule has 0 N–H and O–H groups in total. The van der Waals surface area contributed by atoms with Crippen molar-refractivity contribution in [3.8, 4) is 0 Å². The zero-order valence-corrected chi connectivity index (χ0v) is 13.1. The third-order valence-electron chi connectivity index (χ3n) is 2.31. The van der Waals surface area contributed by atoms with E-state index in [4.69, 9.17) is 4.74 Å². The molecule has 0 radical (unpaired) electrons. The standard InChI is InChI=1S/C13H18BrNO4/c1-13(2,3)19-12(17)15(11(16)18-4)10-7-5-6-9(14)8-10/h5-7,10H,8H2,1-4H3. The number of nitrogens with zero attached hydrogens (tertiary/aromatic N) is 1. The minimum absolute atomic E-state index is 0.415. The van der Waals surface area contributed by atoms with Gasteiger partial charge in [-0.05, 0) is 25.3 Å². The summed E-state index contributed by atoms with van der Waals surface area (Å²) in [5.41, 5.74) is -0.672. The van der Waals surface area contributed by atoms with Crippen molar-refractivity contribution in [2.24, 2.45) is 0 Å². The molecule has 19 heavy (non-hydrogen) atoms. The minimum Gasteiger partial charge on any atom is -0.452 e. The Kier molecular flexibility index (Phi) is 5.17. The van der Waals surface area contributed by atoms with Gasteiger partial charge in [-0.1, -0.05) is 34.2 Å². The molecule has 6 heteroatoms. The normalized spacial score (nSPS) is 18.6. The first-order valence-corrected chi connectivity index (χ1v) is 6.67. The van der Waals surface area contributed by atoms with Crippen molar-refractivity contribution in [2.45, 2.75) is 38.8 Å². The highest BCUT2D eigenvalue weighted by Crippen LogP contribution is 2.24. The Morgan fingerprint density at radius 3 is 2.47 bits per heavy atom. The van der Waals surface area contributed by atoms with Gasteiger partial charge in [0.2, 0.25) is 0 Å². The first kappa shape index (κ1) is 15.8. The molecule has 0 saturated heterocycles. The summed E-state index contributed by atoms with van der Waals surface area (Å²) in [5.74, 6) is 0. The Bertz CT molecular complexity index is 423. The van der Waals surface area contributed by atoms with Crippen molar-refractivity contribution >= 4 is 28.1 Å². The lowest BCUT2D eigenvalue weighted by Crippen LogP contribution is -2.46. The monoisotopic (exact) mass is 331 g/mol. The summed E-state index contributed by atoms with van der Waals surface area (Å²) < 4.78 is 10.8. The molecule has 0 bridgehead atoms. The summed E-state index contributed by atoms with van der Waals surface area (Å²) in [7, 11) is 1.23. The molecule has 1 aliphatic rings. The maximum atomic E-state index is 12.1. The van der Waals surface area contributed by atoms with E-state index < -0.39 is 23.8 Å². The molecule has 0 heterocycles. The van der Waals surface area contributed by atoms with E-state index in [0.29, 0.717) is 6.42 Å². The number of carbonyl (C=O) groups is 2. The van der Waals surface area contributed by atoms with Crippen molar-refractivity contribution in [1.82, 2.24) is 4.90 Å². The van der Waals surface area contributed by atoms with E-state index in [9.17, 15) is 9.59 Å². The summed E-state index contributed by atoms with van der Waals surface area (Å²) in [5, 5.41) is 0. The van der Waals surface area contributed by atoms with Gasteiger partial charge in [0.25, 0.3) is 0 Å². The topological polar surface area (TPSA) is 55.8 Å². The predicted molar refractivity (Wildman–Crippen MR) is 75.0 cm³/mol.